The molecule has 18 heavy (non-hydrogen) atoms. The summed E-state index contributed by atoms with van der Waals surface area (Å²) < 4.78 is 0. The van der Waals surface area contributed by atoms with Crippen molar-refractivity contribution in [1.29, 1.82) is 0 Å². The predicted molar refractivity (Wildman–Crippen MR) is 75.0 cm³/mol. The van der Waals surface area contributed by atoms with Crippen LogP contribution >= 0.6 is 0 Å². The number of hydrogen-bond acceptors (Lipinski definition) is 2. The van der Waals surface area contributed by atoms with Crippen molar-refractivity contribution < 1.29 is 0 Å². The van der Waals surface area contributed by atoms with Gasteiger partial charge in [-0.1, -0.05) is 26.0 Å². The molecule has 2 aromatic rings. The Labute approximate surface area is 108 Å². The molecule has 3 nitrogen and oxygen atoms in total. The number of benzene rings is 1. The van der Waals surface area contributed by atoms with Crippen molar-refractivity contribution in [2.45, 2.75) is 38.5 Å². The number of rotatable bonds is 2. The molecule has 0 radical (unpaired) electrons. The van der Waals surface area contributed by atoms with E-state index in [1.165, 1.54) is 23.9 Å². The highest BCUT2D eigenvalue weighted by molar-refractivity contribution is 5.79. The Morgan fingerprint density at radius 1 is 1.33 bits per heavy atom. The van der Waals surface area contributed by atoms with Crippen LogP contribution in [0, 0.1) is 0 Å². The van der Waals surface area contributed by atoms with Gasteiger partial charge in [0.1, 0.15) is 5.82 Å². The summed E-state index contributed by atoms with van der Waals surface area (Å²) in [6, 6.07) is 6.45. The molecule has 2 heterocycles. The van der Waals surface area contributed by atoms with Crippen molar-refractivity contribution >= 4 is 11.0 Å². The zero-order valence-corrected chi connectivity index (χ0v) is 11.2. The summed E-state index contributed by atoms with van der Waals surface area (Å²) in [5.74, 6) is 2.23. The Morgan fingerprint density at radius 2 is 2.22 bits per heavy atom. The Balaban J connectivity index is 2.02. The van der Waals surface area contributed by atoms with Crippen LogP contribution in [0.1, 0.15) is 49.9 Å². The molecule has 0 saturated carbocycles. The SMILES string of the molecule is CC(C)c1cccc2[nH]c(C3CCCNC3)nc12. The van der Waals surface area contributed by atoms with Gasteiger partial charge >= 0.3 is 0 Å². The molecule has 1 atom stereocenters. The van der Waals surface area contributed by atoms with E-state index in [0.717, 1.165) is 24.4 Å². The van der Waals surface area contributed by atoms with Crippen LogP contribution in [-0.4, -0.2) is 23.1 Å². The third-order valence-corrected chi connectivity index (χ3v) is 3.87. The zero-order chi connectivity index (χ0) is 12.5. The fourth-order valence-electron chi connectivity index (χ4n) is 2.82. The third kappa shape index (κ3) is 2.03. The Bertz CT molecular complexity index is 536. The molecule has 96 valence electrons. The maximum Gasteiger partial charge on any atom is 0.111 e. The largest absolute Gasteiger partial charge is 0.342 e. The lowest BCUT2D eigenvalue weighted by Gasteiger charge is -2.20. The molecule has 0 aliphatic carbocycles. The number of hydrogen-bond donors (Lipinski definition) is 2. The molecule has 1 saturated heterocycles. The average Bonchev–Trinajstić information content (AvgIpc) is 2.83. The van der Waals surface area contributed by atoms with Crippen LogP contribution in [0.3, 0.4) is 0 Å². The summed E-state index contributed by atoms with van der Waals surface area (Å²) in [5.41, 5.74) is 3.69. The van der Waals surface area contributed by atoms with Gasteiger partial charge in [0, 0.05) is 12.5 Å². The maximum absolute atomic E-state index is 4.86. The number of fused-ring (bicyclic) bond motifs is 1. The summed E-state index contributed by atoms with van der Waals surface area (Å²) in [7, 11) is 0. The van der Waals surface area contributed by atoms with Gasteiger partial charge in [-0.05, 0) is 36.9 Å². The van der Waals surface area contributed by atoms with Gasteiger partial charge in [0.2, 0.25) is 0 Å². The summed E-state index contributed by atoms with van der Waals surface area (Å²) in [5, 5.41) is 3.46. The number of nitrogens with zero attached hydrogens (tertiary/aromatic N) is 1. The minimum absolute atomic E-state index is 0.523. The van der Waals surface area contributed by atoms with E-state index in [-0.39, 0.29) is 0 Å². The summed E-state index contributed by atoms with van der Waals surface area (Å²) in [4.78, 5) is 8.37. The molecular formula is C15H21N3. The molecular weight excluding hydrogens is 222 g/mol. The van der Waals surface area contributed by atoms with E-state index in [2.05, 4.69) is 42.3 Å². The highest BCUT2D eigenvalue weighted by Gasteiger charge is 2.19. The number of aromatic amines is 1. The van der Waals surface area contributed by atoms with Crippen LogP contribution in [0.5, 0.6) is 0 Å². The van der Waals surface area contributed by atoms with Crippen LogP contribution in [0.15, 0.2) is 18.2 Å². The highest BCUT2D eigenvalue weighted by Crippen LogP contribution is 2.27. The number of H-pyrrole nitrogens is 1. The zero-order valence-electron chi connectivity index (χ0n) is 11.2. The lowest BCUT2D eigenvalue weighted by Crippen LogP contribution is -2.28. The second-order valence-corrected chi connectivity index (χ2v) is 5.56. The first kappa shape index (κ1) is 11.7. The summed E-state index contributed by atoms with van der Waals surface area (Å²) >= 11 is 0. The molecule has 1 unspecified atom stereocenters. The number of para-hydroxylation sites is 1. The van der Waals surface area contributed by atoms with Gasteiger partial charge in [-0.25, -0.2) is 4.98 Å². The number of piperidine rings is 1. The van der Waals surface area contributed by atoms with E-state index in [1.54, 1.807) is 0 Å². The van der Waals surface area contributed by atoms with E-state index < -0.39 is 0 Å². The lowest BCUT2D eigenvalue weighted by molar-refractivity contribution is 0.449. The minimum atomic E-state index is 0.523. The minimum Gasteiger partial charge on any atom is -0.342 e. The van der Waals surface area contributed by atoms with Crippen molar-refractivity contribution in [3.8, 4) is 0 Å². The van der Waals surface area contributed by atoms with E-state index in [4.69, 9.17) is 4.98 Å². The van der Waals surface area contributed by atoms with Crippen molar-refractivity contribution in [2.24, 2.45) is 0 Å². The van der Waals surface area contributed by atoms with Gasteiger partial charge in [0.15, 0.2) is 0 Å². The fourth-order valence-corrected chi connectivity index (χ4v) is 2.82. The van der Waals surface area contributed by atoms with Gasteiger partial charge in [-0.3, -0.25) is 0 Å². The van der Waals surface area contributed by atoms with Crippen LogP contribution in [0.4, 0.5) is 0 Å². The second kappa shape index (κ2) is 4.73. The first-order chi connectivity index (χ1) is 8.75. The van der Waals surface area contributed by atoms with E-state index >= 15 is 0 Å². The first-order valence-corrected chi connectivity index (χ1v) is 6.95. The number of aromatic nitrogens is 2. The maximum atomic E-state index is 4.86. The van der Waals surface area contributed by atoms with Crippen molar-refractivity contribution in [3.05, 3.63) is 29.6 Å². The monoisotopic (exact) mass is 243 g/mol. The Hall–Kier alpha value is -1.35. The summed E-state index contributed by atoms with van der Waals surface area (Å²) in [6.45, 7) is 6.65. The van der Waals surface area contributed by atoms with Crippen LogP contribution < -0.4 is 5.32 Å². The number of nitrogens with one attached hydrogen (secondary N) is 2. The van der Waals surface area contributed by atoms with E-state index in [1.807, 2.05) is 0 Å². The van der Waals surface area contributed by atoms with Gasteiger partial charge in [-0.15, -0.1) is 0 Å². The van der Waals surface area contributed by atoms with Crippen LogP contribution in [0.2, 0.25) is 0 Å². The average molecular weight is 243 g/mol. The normalized spacial score (nSPS) is 20.7. The van der Waals surface area contributed by atoms with Crippen molar-refractivity contribution in [3.63, 3.8) is 0 Å². The van der Waals surface area contributed by atoms with Gasteiger partial charge in [0.05, 0.1) is 11.0 Å². The molecule has 1 aromatic carbocycles. The standard InChI is InChI=1S/C15H21N3/c1-10(2)12-6-3-7-13-14(12)18-15(17-13)11-5-4-8-16-9-11/h3,6-7,10-11,16H,4-5,8-9H2,1-2H3,(H,17,18). The number of imidazole rings is 1. The molecule has 0 spiro atoms. The van der Waals surface area contributed by atoms with Crippen LogP contribution in [0.25, 0.3) is 11.0 Å². The van der Waals surface area contributed by atoms with Crippen LogP contribution in [-0.2, 0) is 0 Å². The quantitative estimate of drug-likeness (QED) is 0.850. The first-order valence-electron chi connectivity index (χ1n) is 6.95. The molecule has 3 rings (SSSR count). The van der Waals surface area contributed by atoms with E-state index in [9.17, 15) is 0 Å². The van der Waals surface area contributed by atoms with Gasteiger partial charge in [0.25, 0.3) is 0 Å². The molecule has 1 fully saturated rings. The highest BCUT2D eigenvalue weighted by atomic mass is 15.0. The molecule has 1 aromatic heterocycles. The van der Waals surface area contributed by atoms with Gasteiger partial charge < -0.3 is 10.3 Å². The predicted octanol–water partition coefficient (Wildman–Crippen LogP) is 3.15. The second-order valence-electron chi connectivity index (χ2n) is 5.56. The lowest BCUT2D eigenvalue weighted by atomic mass is 9.99. The molecule has 1 aliphatic rings. The molecule has 3 heteroatoms. The smallest absolute Gasteiger partial charge is 0.111 e. The molecule has 1 aliphatic heterocycles. The summed E-state index contributed by atoms with van der Waals surface area (Å²) in [6.07, 6.45) is 2.49. The topological polar surface area (TPSA) is 40.7 Å². The van der Waals surface area contributed by atoms with Crippen molar-refractivity contribution in [1.82, 2.24) is 15.3 Å². The molecule has 2 N–H and O–H groups in total. The van der Waals surface area contributed by atoms with Gasteiger partial charge in [-0.2, -0.15) is 0 Å². The van der Waals surface area contributed by atoms with Crippen molar-refractivity contribution in [2.75, 3.05) is 13.1 Å². The molecule has 0 bridgehead atoms. The Morgan fingerprint density at radius 3 is 2.94 bits per heavy atom. The van der Waals surface area contributed by atoms with E-state index in [0.29, 0.717) is 11.8 Å². The fraction of sp³-hybridized carbons (Fsp3) is 0.533. The Kier molecular flexibility index (Phi) is 3.08. The third-order valence-electron chi connectivity index (χ3n) is 3.87. The molecule has 0 amide bonds.